The minimum absolute atomic E-state index is 0. The summed E-state index contributed by atoms with van der Waals surface area (Å²) >= 11 is 0. The molecule has 5 nitrogen and oxygen atoms in total. The fourth-order valence-electron chi connectivity index (χ4n) is 0. The number of carboxylic acid groups (broad SMARTS) is 1. The van der Waals surface area contributed by atoms with Crippen LogP contribution in [0.4, 0.5) is 0 Å². The molecule has 0 atom stereocenters. The quantitative estimate of drug-likeness (QED) is 0.292. The van der Waals surface area contributed by atoms with E-state index in [4.69, 9.17) is 15.2 Å². The molecule has 76 valence electrons. The number of hydrogen-bond acceptors (Lipinski definition) is 4. The van der Waals surface area contributed by atoms with Crippen LogP contribution in [0, 0.1) is 11.3 Å². The van der Waals surface area contributed by atoms with Gasteiger partial charge in [0.25, 0.3) is 0 Å². The Kier molecular flexibility index (Phi) is 35.9. The third-order valence-electron chi connectivity index (χ3n) is 0.459. The molecule has 0 aromatic rings. The maximum Gasteiger partial charge on any atom is 1.00 e. The summed E-state index contributed by atoms with van der Waals surface area (Å²) in [5.74, 6) is -1.71. The molecule has 0 saturated carbocycles. The van der Waals surface area contributed by atoms with Gasteiger partial charge in [-0.05, 0) is 12.2 Å². The van der Waals surface area contributed by atoms with Gasteiger partial charge in [0.1, 0.15) is 0 Å². The molecular weight excluding hydrogens is 207 g/mol. The number of carbonyl (C=O) groups is 2. The first kappa shape index (κ1) is 23.5. The molecule has 0 rings (SSSR count). The van der Waals surface area contributed by atoms with Crippen LogP contribution >= 0.6 is 0 Å². The van der Waals surface area contributed by atoms with Crippen LogP contribution in [-0.2, 0) is 9.59 Å². The summed E-state index contributed by atoms with van der Waals surface area (Å²) in [4.78, 5) is 18.6. The molecule has 2 N–H and O–H groups in total. The van der Waals surface area contributed by atoms with Crippen molar-refractivity contribution in [1.29, 1.82) is 5.26 Å². The molecule has 15 heavy (non-hydrogen) atoms. The van der Waals surface area contributed by atoms with Crippen molar-refractivity contribution >= 4 is 11.9 Å². The van der Waals surface area contributed by atoms with Gasteiger partial charge in [-0.3, -0.25) is 4.79 Å². The number of allylic oxidation sites excluding steroid dienone is 1. The molecule has 0 aliphatic carbocycles. The maximum absolute atomic E-state index is 9.47. The van der Waals surface area contributed by atoms with Crippen molar-refractivity contribution < 1.29 is 44.3 Å². The Hall–Kier alpha value is -1.35. The molecule has 0 radical (unpaired) electrons. The molecule has 0 bridgehead atoms. The smallest absolute Gasteiger partial charge is 0.545 e. The standard InChI is InChI=1S/C3H5NO.C3H3N.C3H4O2.Na/c1-2-3(4)5;1-2-3-4;1-2-3(4)5;/h2H,1H2,(H2,4,5);2H,1H2;2H,1H2,(H,4,5);/q;;;+1/p-1. The van der Waals surface area contributed by atoms with Gasteiger partial charge in [-0.2, -0.15) is 5.26 Å². The first-order valence-corrected chi connectivity index (χ1v) is 3.22. The largest absolute Gasteiger partial charge is 1.00 e. The third kappa shape index (κ3) is 108. The van der Waals surface area contributed by atoms with Gasteiger partial charge in [-0.15, -0.1) is 0 Å². The predicted molar refractivity (Wildman–Crippen MR) is 50.4 cm³/mol. The van der Waals surface area contributed by atoms with Crippen molar-refractivity contribution in [3.05, 3.63) is 38.0 Å². The van der Waals surface area contributed by atoms with Crippen molar-refractivity contribution in [3.8, 4) is 6.07 Å². The molecule has 0 aromatic carbocycles. The van der Waals surface area contributed by atoms with Gasteiger partial charge in [0.05, 0.1) is 12.0 Å². The van der Waals surface area contributed by atoms with Gasteiger partial charge < -0.3 is 15.6 Å². The van der Waals surface area contributed by atoms with Gasteiger partial charge in [0.2, 0.25) is 5.91 Å². The van der Waals surface area contributed by atoms with Crippen LogP contribution < -0.4 is 40.4 Å². The zero-order valence-corrected chi connectivity index (χ0v) is 10.6. The summed E-state index contributed by atoms with van der Waals surface area (Å²) in [5.41, 5.74) is 4.53. The molecule has 0 aromatic heterocycles. The van der Waals surface area contributed by atoms with Crippen molar-refractivity contribution in [1.82, 2.24) is 0 Å². The second-order valence-corrected chi connectivity index (χ2v) is 1.46. The van der Waals surface area contributed by atoms with E-state index in [0.29, 0.717) is 0 Å². The summed E-state index contributed by atoms with van der Waals surface area (Å²) in [6.07, 6.45) is 2.96. The van der Waals surface area contributed by atoms with E-state index in [1.54, 1.807) is 6.07 Å². The molecule has 0 aliphatic heterocycles. The van der Waals surface area contributed by atoms with E-state index >= 15 is 0 Å². The molecule has 0 aliphatic rings. The average molecular weight is 218 g/mol. The molecule has 0 heterocycles. The number of amides is 1. The Bertz CT molecular complexity index is 239. The fourth-order valence-corrected chi connectivity index (χ4v) is 0. The number of nitrogens with two attached hydrogens (primary N) is 1. The van der Waals surface area contributed by atoms with Crippen LogP contribution in [0.25, 0.3) is 0 Å². The van der Waals surface area contributed by atoms with Gasteiger partial charge in [0, 0.05) is 6.08 Å². The van der Waals surface area contributed by atoms with Crippen LogP contribution in [0.3, 0.4) is 0 Å². The van der Waals surface area contributed by atoms with Gasteiger partial charge in [0.15, 0.2) is 0 Å². The number of primary amides is 1. The Morgan fingerprint density at radius 2 is 1.47 bits per heavy atom. The maximum atomic E-state index is 9.47. The number of hydrogen-bond donors (Lipinski definition) is 1. The van der Waals surface area contributed by atoms with E-state index in [2.05, 4.69) is 25.5 Å². The zero-order chi connectivity index (χ0) is 12.0. The zero-order valence-electron chi connectivity index (χ0n) is 8.60. The van der Waals surface area contributed by atoms with E-state index in [9.17, 15) is 4.79 Å². The van der Waals surface area contributed by atoms with Crippen LogP contribution in [0.5, 0.6) is 0 Å². The van der Waals surface area contributed by atoms with E-state index in [1.165, 1.54) is 6.08 Å². The predicted octanol–water partition coefficient (Wildman–Crippen LogP) is -3.72. The second kappa shape index (κ2) is 22.9. The Morgan fingerprint density at radius 3 is 1.47 bits per heavy atom. The molecular formula is C9H11N2NaO3. The van der Waals surface area contributed by atoms with Gasteiger partial charge in [-0.25, -0.2) is 0 Å². The van der Waals surface area contributed by atoms with Gasteiger partial charge >= 0.3 is 29.6 Å². The van der Waals surface area contributed by atoms with Crippen LogP contribution in [-0.4, -0.2) is 11.9 Å². The number of carbonyl (C=O) groups excluding carboxylic acids is 2. The van der Waals surface area contributed by atoms with Crippen molar-refractivity contribution in [2.75, 3.05) is 0 Å². The van der Waals surface area contributed by atoms with E-state index in [0.717, 1.165) is 12.2 Å². The second-order valence-electron chi connectivity index (χ2n) is 1.46. The summed E-state index contributed by atoms with van der Waals surface area (Å²) < 4.78 is 0. The first-order valence-electron chi connectivity index (χ1n) is 3.22. The normalized spacial score (nSPS) is 5.27. The minimum Gasteiger partial charge on any atom is -0.545 e. The van der Waals surface area contributed by atoms with Crippen molar-refractivity contribution in [2.45, 2.75) is 0 Å². The number of nitriles is 1. The molecule has 0 unspecified atom stereocenters. The van der Waals surface area contributed by atoms with E-state index in [1.807, 2.05) is 0 Å². The Morgan fingerprint density at radius 1 is 1.27 bits per heavy atom. The van der Waals surface area contributed by atoms with E-state index in [-0.39, 0.29) is 29.6 Å². The monoisotopic (exact) mass is 218 g/mol. The summed E-state index contributed by atoms with van der Waals surface area (Å²) in [7, 11) is 0. The average Bonchev–Trinajstić information content (AvgIpc) is 2.19. The molecule has 6 heteroatoms. The first-order chi connectivity index (χ1) is 6.45. The third-order valence-corrected chi connectivity index (χ3v) is 0.459. The van der Waals surface area contributed by atoms with Crippen LogP contribution in [0.1, 0.15) is 0 Å². The van der Waals surface area contributed by atoms with Crippen LogP contribution in [0.15, 0.2) is 38.0 Å². The Balaban J connectivity index is -0.0000000590. The van der Waals surface area contributed by atoms with Gasteiger partial charge in [-0.1, -0.05) is 19.7 Å². The summed E-state index contributed by atoms with van der Waals surface area (Å²) in [6.45, 7) is 9.10. The Labute approximate surface area is 111 Å². The summed E-state index contributed by atoms with van der Waals surface area (Å²) in [6, 6.07) is 1.69. The number of rotatable bonds is 2. The van der Waals surface area contributed by atoms with Crippen molar-refractivity contribution in [3.63, 3.8) is 0 Å². The molecule has 0 spiro atoms. The summed E-state index contributed by atoms with van der Waals surface area (Å²) in [5, 5.41) is 16.6. The molecule has 0 fully saturated rings. The van der Waals surface area contributed by atoms with E-state index < -0.39 is 11.9 Å². The molecule has 1 amide bonds. The number of carboxylic acids is 1. The van der Waals surface area contributed by atoms with Crippen LogP contribution in [0.2, 0.25) is 0 Å². The topological polar surface area (TPSA) is 107 Å². The SMILES string of the molecule is C=CC#N.C=CC(=O)[O-].C=CC(N)=O.[Na+]. The number of aliphatic carboxylic acids is 1. The van der Waals surface area contributed by atoms with Crippen molar-refractivity contribution in [2.24, 2.45) is 5.73 Å². The fraction of sp³-hybridized carbons (Fsp3) is 0. The molecule has 0 saturated heterocycles. The number of nitrogens with zero attached hydrogens (tertiary/aromatic N) is 1. The minimum atomic E-state index is -1.23.